The number of carbonyl (C=O) groups excluding carboxylic acids is 1. The van der Waals surface area contributed by atoms with Crippen molar-refractivity contribution < 1.29 is 4.79 Å². The summed E-state index contributed by atoms with van der Waals surface area (Å²) in [5.41, 5.74) is 8.68. The summed E-state index contributed by atoms with van der Waals surface area (Å²) in [4.78, 5) is 12.9. The van der Waals surface area contributed by atoms with Crippen LogP contribution in [-0.2, 0) is 11.2 Å². The largest absolute Gasteiger partial charge is 0.329 e. The van der Waals surface area contributed by atoms with Crippen LogP contribution in [0.5, 0.6) is 0 Å². The minimum Gasteiger partial charge on any atom is -0.329 e. The molecule has 0 heterocycles. The van der Waals surface area contributed by atoms with Gasteiger partial charge in [-0.3, -0.25) is 4.79 Å². The second-order valence-corrected chi connectivity index (χ2v) is 6.96. The quantitative estimate of drug-likeness (QED) is 0.909. The smallest absolute Gasteiger partial charge is 0.140 e. The molecule has 1 fully saturated rings. The number of aryl methyl sites for hydroxylation is 1. The topological polar surface area (TPSA) is 43.1 Å². The van der Waals surface area contributed by atoms with Gasteiger partial charge in [-0.25, -0.2) is 0 Å². The molecule has 1 atom stereocenters. The van der Waals surface area contributed by atoms with Gasteiger partial charge in [0.15, 0.2) is 0 Å². The van der Waals surface area contributed by atoms with Crippen LogP contribution < -0.4 is 5.73 Å². The molecule has 2 nitrogen and oxygen atoms in total. The fourth-order valence-corrected chi connectivity index (χ4v) is 4.33. The molecule has 2 N–H and O–H groups in total. The number of Topliss-reactive ketones (excluding diaryl/α,β-unsaturated/α-hetero) is 1. The van der Waals surface area contributed by atoms with Gasteiger partial charge in [-0.2, -0.15) is 0 Å². The van der Waals surface area contributed by atoms with E-state index >= 15 is 0 Å². The predicted molar refractivity (Wildman–Crippen MR) is 86.3 cm³/mol. The Kier molecular flexibility index (Phi) is 4.44. The van der Waals surface area contributed by atoms with Crippen LogP contribution in [0.15, 0.2) is 24.3 Å². The lowest BCUT2D eigenvalue weighted by atomic mass is 9.68. The summed E-state index contributed by atoms with van der Waals surface area (Å²) >= 11 is 0. The Morgan fingerprint density at radius 2 is 1.90 bits per heavy atom. The molecule has 0 saturated heterocycles. The van der Waals surface area contributed by atoms with E-state index in [-0.39, 0.29) is 5.41 Å². The molecule has 2 heteroatoms. The normalized spacial score (nSPS) is 24.3. The van der Waals surface area contributed by atoms with Gasteiger partial charge in [-0.05, 0) is 49.1 Å². The zero-order valence-electron chi connectivity index (χ0n) is 12.9. The zero-order chi connectivity index (χ0) is 14.7. The van der Waals surface area contributed by atoms with Crippen LogP contribution in [-0.4, -0.2) is 12.3 Å². The highest BCUT2D eigenvalue weighted by Crippen LogP contribution is 2.41. The van der Waals surface area contributed by atoms with Crippen LogP contribution in [0.2, 0.25) is 0 Å². The van der Waals surface area contributed by atoms with Crippen molar-refractivity contribution in [1.82, 2.24) is 0 Å². The number of hydrogen-bond donors (Lipinski definition) is 1. The summed E-state index contributed by atoms with van der Waals surface area (Å²) in [6, 6.07) is 8.68. The van der Waals surface area contributed by atoms with E-state index in [0.717, 1.165) is 19.3 Å². The molecular weight excluding hydrogens is 258 g/mol. The molecule has 0 amide bonds. The highest BCUT2D eigenvalue weighted by molar-refractivity contribution is 5.86. The second-order valence-electron chi connectivity index (χ2n) is 6.96. The maximum absolute atomic E-state index is 12.9. The maximum atomic E-state index is 12.9. The third-order valence-electron chi connectivity index (χ3n) is 5.72. The van der Waals surface area contributed by atoms with Crippen molar-refractivity contribution in [3.05, 3.63) is 35.4 Å². The fourth-order valence-electron chi connectivity index (χ4n) is 4.33. The molecular formula is C19H27NO. The summed E-state index contributed by atoms with van der Waals surface area (Å²) in [6.45, 7) is 0.542. The van der Waals surface area contributed by atoms with Gasteiger partial charge in [0.05, 0.1) is 0 Å². The molecule has 0 radical (unpaired) electrons. The lowest BCUT2D eigenvalue weighted by Crippen LogP contribution is -2.41. The predicted octanol–water partition coefficient (Wildman–Crippen LogP) is 3.97. The lowest BCUT2D eigenvalue weighted by molar-refractivity contribution is -0.130. The molecule has 2 aliphatic carbocycles. The van der Waals surface area contributed by atoms with Crippen LogP contribution >= 0.6 is 0 Å². The maximum Gasteiger partial charge on any atom is 0.140 e. The standard InChI is InChI=1S/C19H27NO/c20-14-19(11-4-1-5-12-19)18(21)13-16-9-6-8-15-7-2-3-10-17(15)16/h2-3,7,10,16H,1,4-6,8-9,11-14,20H2. The van der Waals surface area contributed by atoms with Crippen LogP contribution in [0.3, 0.4) is 0 Å². The summed E-state index contributed by atoms with van der Waals surface area (Å²) in [5, 5.41) is 0. The van der Waals surface area contributed by atoms with Crippen molar-refractivity contribution in [1.29, 1.82) is 0 Å². The molecule has 114 valence electrons. The van der Waals surface area contributed by atoms with Crippen LogP contribution in [0.25, 0.3) is 0 Å². The summed E-state index contributed by atoms with van der Waals surface area (Å²) < 4.78 is 0. The summed E-state index contributed by atoms with van der Waals surface area (Å²) in [5.74, 6) is 0.860. The number of nitrogens with two attached hydrogens (primary N) is 1. The van der Waals surface area contributed by atoms with Crippen molar-refractivity contribution in [2.75, 3.05) is 6.54 Å². The average Bonchev–Trinajstić information content (AvgIpc) is 2.56. The first-order chi connectivity index (χ1) is 10.2. The van der Waals surface area contributed by atoms with Crippen LogP contribution in [0.4, 0.5) is 0 Å². The monoisotopic (exact) mass is 285 g/mol. The first-order valence-electron chi connectivity index (χ1n) is 8.56. The second kappa shape index (κ2) is 6.31. The highest BCUT2D eigenvalue weighted by Gasteiger charge is 2.39. The number of rotatable bonds is 4. The van der Waals surface area contributed by atoms with E-state index in [1.807, 2.05) is 0 Å². The van der Waals surface area contributed by atoms with Gasteiger partial charge in [0.2, 0.25) is 0 Å². The molecule has 1 aromatic carbocycles. The Bertz CT molecular complexity index is 502. The van der Waals surface area contributed by atoms with Gasteiger partial charge in [-0.1, -0.05) is 43.5 Å². The molecule has 0 aromatic heterocycles. The molecule has 1 aromatic rings. The third kappa shape index (κ3) is 2.91. The van der Waals surface area contributed by atoms with E-state index in [4.69, 9.17) is 5.73 Å². The Morgan fingerprint density at radius 3 is 2.67 bits per heavy atom. The average molecular weight is 285 g/mol. The molecule has 1 unspecified atom stereocenters. The molecule has 0 aliphatic heterocycles. The van der Waals surface area contributed by atoms with E-state index in [1.165, 1.54) is 43.2 Å². The summed E-state index contributed by atoms with van der Waals surface area (Å²) in [6.07, 6.45) is 9.87. The molecule has 3 rings (SSSR count). The molecule has 21 heavy (non-hydrogen) atoms. The zero-order valence-corrected chi connectivity index (χ0v) is 12.9. The van der Waals surface area contributed by atoms with E-state index in [1.54, 1.807) is 0 Å². The van der Waals surface area contributed by atoms with Gasteiger partial charge < -0.3 is 5.73 Å². The Hall–Kier alpha value is -1.15. The SMILES string of the molecule is NCC1(C(=O)CC2CCCc3ccccc32)CCCCC1. The number of hydrogen-bond acceptors (Lipinski definition) is 2. The van der Waals surface area contributed by atoms with Crippen molar-refractivity contribution in [2.24, 2.45) is 11.1 Å². The van der Waals surface area contributed by atoms with Crippen molar-refractivity contribution in [3.63, 3.8) is 0 Å². The van der Waals surface area contributed by atoms with E-state index in [0.29, 0.717) is 24.7 Å². The third-order valence-corrected chi connectivity index (χ3v) is 5.72. The van der Waals surface area contributed by atoms with Gasteiger partial charge >= 0.3 is 0 Å². The number of carbonyl (C=O) groups is 1. The number of benzene rings is 1. The van der Waals surface area contributed by atoms with Gasteiger partial charge in [-0.15, -0.1) is 0 Å². The van der Waals surface area contributed by atoms with Crippen LogP contribution in [0, 0.1) is 5.41 Å². The van der Waals surface area contributed by atoms with E-state index in [2.05, 4.69) is 24.3 Å². The van der Waals surface area contributed by atoms with Gasteiger partial charge in [0, 0.05) is 18.4 Å². The molecule has 0 spiro atoms. The Morgan fingerprint density at radius 1 is 1.14 bits per heavy atom. The summed E-state index contributed by atoms with van der Waals surface area (Å²) in [7, 11) is 0. The number of ketones is 1. The van der Waals surface area contributed by atoms with Gasteiger partial charge in [0.25, 0.3) is 0 Å². The van der Waals surface area contributed by atoms with Crippen molar-refractivity contribution in [2.45, 2.75) is 63.7 Å². The van der Waals surface area contributed by atoms with Crippen LogP contribution in [0.1, 0.15) is 68.4 Å². The first-order valence-corrected chi connectivity index (χ1v) is 8.56. The Labute approximate surface area is 128 Å². The molecule has 2 aliphatic rings. The highest BCUT2D eigenvalue weighted by atomic mass is 16.1. The van der Waals surface area contributed by atoms with Crippen molar-refractivity contribution in [3.8, 4) is 0 Å². The lowest BCUT2D eigenvalue weighted by Gasteiger charge is -2.36. The number of fused-ring (bicyclic) bond motifs is 1. The fraction of sp³-hybridized carbons (Fsp3) is 0.632. The van der Waals surface area contributed by atoms with Crippen molar-refractivity contribution >= 4 is 5.78 Å². The molecule has 1 saturated carbocycles. The molecule has 0 bridgehead atoms. The minimum absolute atomic E-state index is 0.204. The van der Waals surface area contributed by atoms with Gasteiger partial charge in [0.1, 0.15) is 5.78 Å². The minimum atomic E-state index is -0.204. The first kappa shape index (κ1) is 14.8. The van der Waals surface area contributed by atoms with E-state index < -0.39 is 0 Å². The van der Waals surface area contributed by atoms with E-state index in [9.17, 15) is 4.79 Å². The Balaban J connectivity index is 1.76.